The second kappa shape index (κ2) is 3.94. The van der Waals surface area contributed by atoms with E-state index in [0.717, 1.165) is 32.8 Å². The maximum atomic E-state index is 6.07. The van der Waals surface area contributed by atoms with Gasteiger partial charge in [-0.2, -0.15) is 0 Å². The minimum Gasteiger partial charge on any atom is -0.370 e. The van der Waals surface area contributed by atoms with Crippen LogP contribution in [0.15, 0.2) is 0 Å². The van der Waals surface area contributed by atoms with Gasteiger partial charge in [0.1, 0.15) is 5.60 Å². The molecule has 2 aliphatic heterocycles. The monoisotopic (exact) mass is 240 g/mol. The van der Waals surface area contributed by atoms with Gasteiger partial charge in [-0.25, -0.2) is 0 Å². The van der Waals surface area contributed by atoms with Crippen molar-refractivity contribution in [1.29, 1.82) is 0 Å². The average molecular weight is 240 g/mol. The Kier molecular flexibility index (Phi) is 3.08. The number of nitrogens with zero attached hydrogens (tertiary/aromatic N) is 2. The van der Waals surface area contributed by atoms with E-state index in [0.29, 0.717) is 0 Å². The summed E-state index contributed by atoms with van der Waals surface area (Å²) in [6, 6.07) is 0. The van der Waals surface area contributed by atoms with Crippen molar-refractivity contribution in [3.63, 3.8) is 0 Å². The van der Waals surface area contributed by atoms with Crippen molar-refractivity contribution < 1.29 is 4.74 Å². The SMILES string of the molecule is CC(C)(C)N1CCOC2(C1)CN(C(C)(C)C)C2. The molecule has 2 aliphatic rings. The van der Waals surface area contributed by atoms with E-state index in [9.17, 15) is 0 Å². The number of rotatable bonds is 0. The van der Waals surface area contributed by atoms with Crippen LogP contribution in [-0.2, 0) is 4.74 Å². The zero-order valence-electron chi connectivity index (χ0n) is 12.3. The van der Waals surface area contributed by atoms with E-state index in [2.05, 4.69) is 51.3 Å². The van der Waals surface area contributed by atoms with Crippen LogP contribution in [0.5, 0.6) is 0 Å². The summed E-state index contributed by atoms with van der Waals surface area (Å²) in [7, 11) is 0. The predicted molar refractivity (Wildman–Crippen MR) is 71.3 cm³/mol. The Bertz CT molecular complexity index is 282. The molecule has 0 aromatic rings. The molecule has 2 rings (SSSR count). The van der Waals surface area contributed by atoms with Gasteiger partial charge in [0, 0.05) is 37.3 Å². The van der Waals surface area contributed by atoms with Crippen molar-refractivity contribution in [2.45, 2.75) is 58.2 Å². The zero-order chi connectivity index (χ0) is 12.9. The standard InChI is InChI=1S/C14H28N2O/c1-12(2,3)15-7-8-17-14(9-15)10-16(11-14)13(4,5)6/h7-11H2,1-6H3. The summed E-state index contributed by atoms with van der Waals surface area (Å²) >= 11 is 0. The molecule has 17 heavy (non-hydrogen) atoms. The molecule has 1 spiro atoms. The maximum absolute atomic E-state index is 6.07. The summed E-state index contributed by atoms with van der Waals surface area (Å²) in [5.41, 5.74) is 0.649. The summed E-state index contributed by atoms with van der Waals surface area (Å²) in [4.78, 5) is 5.08. The molecule has 2 heterocycles. The minimum absolute atomic E-state index is 0.110. The third-order valence-electron chi connectivity index (χ3n) is 4.10. The van der Waals surface area contributed by atoms with Crippen molar-refractivity contribution in [2.75, 3.05) is 32.8 Å². The Balaban J connectivity index is 1.96. The van der Waals surface area contributed by atoms with Crippen LogP contribution in [0, 0.1) is 0 Å². The maximum Gasteiger partial charge on any atom is 0.106 e. The van der Waals surface area contributed by atoms with Gasteiger partial charge in [0.25, 0.3) is 0 Å². The first kappa shape index (κ1) is 13.3. The molecule has 0 N–H and O–H groups in total. The highest BCUT2D eigenvalue weighted by Gasteiger charge is 2.51. The first-order valence-electron chi connectivity index (χ1n) is 6.77. The summed E-state index contributed by atoms with van der Waals surface area (Å²) < 4.78 is 6.07. The van der Waals surface area contributed by atoms with E-state index >= 15 is 0 Å². The minimum atomic E-state index is 0.110. The molecule has 0 atom stereocenters. The van der Waals surface area contributed by atoms with Gasteiger partial charge in [0.2, 0.25) is 0 Å². The Labute approximate surface area is 106 Å². The molecule has 3 heteroatoms. The molecule has 0 amide bonds. The van der Waals surface area contributed by atoms with Gasteiger partial charge in [-0.1, -0.05) is 0 Å². The molecule has 0 aliphatic carbocycles. The first-order chi connectivity index (χ1) is 7.62. The van der Waals surface area contributed by atoms with Gasteiger partial charge < -0.3 is 4.74 Å². The first-order valence-corrected chi connectivity index (χ1v) is 6.77. The van der Waals surface area contributed by atoms with Gasteiger partial charge in [0.05, 0.1) is 6.61 Å². The second-order valence-electron chi connectivity index (χ2n) is 7.65. The summed E-state index contributed by atoms with van der Waals surface area (Å²) in [5, 5.41) is 0. The molecule has 3 nitrogen and oxygen atoms in total. The van der Waals surface area contributed by atoms with E-state index in [-0.39, 0.29) is 16.7 Å². The van der Waals surface area contributed by atoms with Crippen LogP contribution in [-0.4, -0.2) is 59.3 Å². The number of hydrogen-bond acceptors (Lipinski definition) is 3. The lowest BCUT2D eigenvalue weighted by atomic mass is 9.85. The lowest BCUT2D eigenvalue weighted by Crippen LogP contribution is -2.74. The quantitative estimate of drug-likeness (QED) is 0.644. The fraction of sp³-hybridized carbons (Fsp3) is 1.00. The van der Waals surface area contributed by atoms with Crippen LogP contribution >= 0.6 is 0 Å². The zero-order valence-corrected chi connectivity index (χ0v) is 12.3. The normalized spacial score (nSPS) is 27.2. The fourth-order valence-corrected chi connectivity index (χ4v) is 2.73. The van der Waals surface area contributed by atoms with Gasteiger partial charge in [0.15, 0.2) is 0 Å². The smallest absolute Gasteiger partial charge is 0.106 e. The van der Waals surface area contributed by atoms with E-state index < -0.39 is 0 Å². The number of likely N-dealkylation sites (tertiary alicyclic amines) is 1. The number of morpholine rings is 1. The van der Waals surface area contributed by atoms with Crippen molar-refractivity contribution in [3.8, 4) is 0 Å². The van der Waals surface area contributed by atoms with Crippen LogP contribution in [0.1, 0.15) is 41.5 Å². The van der Waals surface area contributed by atoms with Crippen molar-refractivity contribution in [1.82, 2.24) is 9.80 Å². The third-order valence-corrected chi connectivity index (χ3v) is 4.10. The van der Waals surface area contributed by atoms with Gasteiger partial charge in [-0.05, 0) is 41.5 Å². The molecular weight excluding hydrogens is 212 g/mol. The van der Waals surface area contributed by atoms with Crippen molar-refractivity contribution >= 4 is 0 Å². The topological polar surface area (TPSA) is 15.7 Å². The molecule has 0 unspecified atom stereocenters. The predicted octanol–water partition coefficient (Wildman–Crippen LogP) is 1.97. The fourth-order valence-electron chi connectivity index (χ4n) is 2.73. The molecule has 2 saturated heterocycles. The molecule has 2 fully saturated rings. The highest BCUT2D eigenvalue weighted by atomic mass is 16.5. The second-order valence-corrected chi connectivity index (χ2v) is 7.65. The van der Waals surface area contributed by atoms with Gasteiger partial charge in [-0.3, -0.25) is 9.80 Å². The lowest BCUT2D eigenvalue weighted by molar-refractivity contribution is -0.211. The molecular formula is C14H28N2O. The summed E-state index contributed by atoms with van der Waals surface area (Å²) in [6.45, 7) is 19.0. The molecule has 0 aromatic heterocycles. The average Bonchev–Trinajstić information content (AvgIpc) is 2.11. The lowest BCUT2D eigenvalue weighted by Gasteiger charge is -2.59. The Morgan fingerprint density at radius 3 is 1.76 bits per heavy atom. The van der Waals surface area contributed by atoms with Crippen LogP contribution in [0.3, 0.4) is 0 Å². The Hall–Kier alpha value is -0.120. The Morgan fingerprint density at radius 2 is 1.29 bits per heavy atom. The summed E-state index contributed by atoms with van der Waals surface area (Å²) in [5.74, 6) is 0. The highest BCUT2D eigenvalue weighted by molar-refractivity contribution is 5.05. The van der Waals surface area contributed by atoms with E-state index in [1.807, 2.05) is 0 Å². The van der Waals surface area contributed by atoms with Gasteiger partial charge in [-0.15, -0.1) is 0 Å². The highest BCUT2D eigenvalue weighted by Crippen LogP contribution is 2.35. The number of hydrogen-bond donors (Lipinski definition) is 0. The van der Waals surface area contributed by atoms with E-state index in [1.165, 1.54) is 0 Å². The van der Waals surface area contributed by atoms with Gasteiger partial charge >= 0.3 is 0 Å². The molecule has 100 valence electrons. The van der Waals surface area contributed by atoms with E-state index in [4.69, 9.17) is 4.74 Å². The van der Waals surface area contributed by atoms with E-state index in [1.54, 1.807) is 0 Å². The largest absolute Gasteiger partial charge is 0.370 e. The molecule has 0 saturated carbocycles. The van der Waals surface area contributed by atoms with Crippen molar-refractivity contribution in [3.05, 3.63) is 0 Å². The van der Waals surface area contributed by atoms with Crippen LogP contribution in [0.25, 0.3) is 0 Å². The van der Waals surface area contributed by atoms with Crippen LogP contribution < -0.4 is 0 Å². The molecule has 0 bridgehead atoms. The Morgan fingerprint density at radius 1 is 0.824 bits per heavy atom. The summed E-state index contributed by atoms with van der Waals surface area (Å²) in [6.07, 6.45) is 0. The van der Waals surface area contributed by atoms with Crippen molar-refractivity contribution in [2.24, 2.45) is 0 Å². The molecule has 0 aromatic carbocycles. The van der Waals surface area contributed by atoms with Crippen LogP contribution in [0.4, 0.5) is 0 Å². The number of ether oxygens (including phenoxy) is 1. The third kappa shape index (κ3) is 2.67. The molecule has 0 radical (unpaired) electrons. The van der Waals surface area contributed by atoms with Crippen LogP contribution in [0.2, 0.25) is 0 Å².